The third kappa shape index (κ3) is 1.70. The van der Waals surface area contributed by atoms with E-state index in [0.717, 1.165) is 4.31 Å². The number of para-hydroxylation sites is 1. The fraction of sp³-hybridized carbons (Fsp3) is 0.300. The Morgan fingerprint density at radius 1 is 1.25 bits per heavy atom. The van der Waals surface area contributed by atoms with Crippen molar-refractivity contribution in [3.8, 4) is 5.75 Å². The zero-order valence-corrected chi connectivity index (χ0v) is 9.53. The van der Waals surface area contributed by atoms with Gasteiger partial charge in [0, 0.05) is 0 Å². The fourth-order valence-electron chi connectivity index (χ4n) is 1.49. The Morgan fingerprint density at radius 3 is 2.44 bits per heavy atom. The highest BCUT2D eigenvalue weighted by Crippen LogP contribution is 2.27. The molecule has 0 atom stereocenters. The number of hydrogen-bond acceptors (Lipinski definition) is 4. The molecule has 1 saturated heterocycles. The van der Waals surface area contributed by atoms with Gasteiger partial charge in [0.05, 0.1) is 20.2 Å². The number of hydrogen-bond donors (Lipinski definition) is 0. The normalized spacial score (nSPS) is 16.9. The standard InChI is InChI=1S/C10H11NO4S/c1-15-9-4-2-3-5-10(9)16(13,14)11-6-8(12)7-11/h2-5H,6-7H2,1H3. The van der Waals surface area contributed by atoms with Crippen molar-refractivity contribution in [3.63, 3.8) is 0 Å². The van der Waals surface area contributed by atoms with E-state index in [1.54, 1.807) is 18.2 Å². The summed E-state index contributed by atoms with van der Waals surface area (Å²) in [5, 5.41) is 0. The van der Waals surface area contributed by atoms with Crippen LogP contribution >= 0.6 is 0 Å². The first kappa shape index (κ1) is 11.1. The summed E-state index contributed by atoms with van der Waals surface area (Å²) in [6.45, 7) is -0.0826. The lowest BCUT2D eigenvalue weighted by Gasteiger charge is -2.28. The molecule has 1 heterocycles. The average Bonchev–Trinajstić information content (AvgIpc) is 2.24. The molecule has 16 heavy (non-hydrogen) atoms. The summed E-state index contributed by atoms with van der Waals surface area (Å²) in [6.07, 6.45) is 0. The Kier molecular flexibility index (Phi) is 2.69. The number of methoxy groups -OCH3 is 1. The maximum Gasteiger partial charge on any atom is 0.247 e. The molecule has 0 radical (unpaired) electrons. The quantitative estimate of drug-likeness (QED) is 0.762. The second-order valence-corrected chi connectivity index (χ2v) is 5.37. The highest BCUT2D eigenvalue weighted by molar-refractivity contribution is 7.89. The minimum atomic E-state index is -3.59. The van der Waals surface area contributed by atoms with Gasteiger partial charge in [0.2, 0.25) is 10.0 Å². The molecule has 1 aromatic rings. The van der Waals surface area contributed by atoms with Crippen molar-refractivity contribution in [2.75, 3.05) is 20.2 Å². The van der Waals surface area contributed by atoms with Crippen LogP contribution in [-0.2, 0) is 14.8 Å². The van der Waals surface area contributed by atoms with E-state index in [0.29, 0.717) is 5.75 Å². The number of Topliss-reactive ketones (excluding diaryl/α,β-unsaturated/α-hetero) is 1. The van der Waals surface area contributed by atoms with Gasteiger partial charge in [0.1, 0.15) is 10.6 Å². The molecular formula is C10H11NO4S. The number of sulfonamides is 1. The predicted molar refractivity (Wildman–Crippen MR) is 56.8 cm³/mol. The molecule has 0 aliphatic carbocycles. The number of ketones is 1. The average molecular weight is 241 g/mol. The van der Waals surface area contributed by atoms with Crippen molar-refractivity contribution in [2.24, 2.45) is 0 Å². The molecule has 0 aromatic heterocycles. The molecule has 0 amide bonds. The SMILES string of the molecule is COc1ccccc1S(=O)(=O)N1CC(=O)C1. The summed E-state index contributed by atoms with van der Waals surface area (Å²) >= 11 is 0. The van der Waals surface area contributed by atoms with Crippen LogP contribution in [0.5, 0.6) is 5.75 Å². The van der Waals surface area contributed by atoms with Crippen LogP contribution in [0.3, 0.4) is 0 Å². The highest BCUT2D eigenvalue weighted by Gasteiger charge is 2.36. The van der Waals surface area contributed by atoms with Crippen LogP contribution in [-0.4, -0.2) is 38.7 Å². The lowest BCUT2D eigenvalue weighted by molar-refractivity contribution is -0.125. The maximum absolute atomic E-state index is 12.0. The zero-order valence-electron chi connectivity index (χ0n) is 8.71. The summed E-state index contributed by atoms with van der Waals surface area (Å²) in [4.78, 5) is 10.9. The minimum Gasteiger partial charge on any atom is -0.495 e. The molecule has 0 unspecified atom stereocenters. The number of rotatable bonds is 3. The van der Waals surface area contributed by atoms with Gasteiger partial charge in [-0.3, -0.25) is 4.79 Å². The van der Waals surface area contributed by atoms with E-state index in [9.17, 15) is 13.2 Å². The van der Waals surface area contributed by atoms with Gasteiger partial charge in [-0.25, -0.2) is 8.42 Å². The lowest BCUT2D eigenvalue weighted by atomic mass is 10.3. The smallest absolute Gasteiger partial charge is 0.247 e. The van der Waals surface area contributed by atoms with Crippen molar-refractivity contribution in [1.82, 2.24) is 4.31 Å². The van der Waals surface area contributed by atoms with Gasteiger partial charge in [-0.2, -0.15) is 4.31 Å². The van der Waals surface area contributed by atoms with E-state index in [2.05, 4.69) is 0 Å². The lowest BCUT2D eigenvalue weighted by Crippen LogP contribution is -2.50. The predicted octanol–water partition coefficient (Wildman–Crippen LogP) is 0.269. The van der Waals surface area contributed by atoms with Crippen molar-refractivity contribution in [3.05, 3.63) is 24.3 Å². The van der Waals surface area contributed by atoms with Gasteiger partial charge in [0.25, 0.3) is 0 Å². The molecule has 1 aromatic carbocycles. The van der Waals surface area contributed by atoms with Crippen LogP contribution in [0.25, 0.3) is 0 Å². The zero-order chi connectivity index (χ0) is 11.8. The van der Waals surface area contributed by atoms with Crippen LogP contribution in [0.15, 0.2) is 29.2 Å². The van der Waals surface area contributed by atoms with E-state index in [4.69, 9.17) is 4.74 Å². The third-order valence-electron chi connectivity index (χ3n) is 2.39. The summed E-state index contributed by atoms with van der Waals surface area (Å²) in [6, 6.07) is 6.36. The maximum atomic E-state index is 12.0. The van der Waals surface area contributed by atoms with Crippen molar-refractivity contribution in [1.29, 1.82) is 0 Å². The number of ether oxygens (including phenoxy) is 1. The minimum absolute atomic E-state index is 0.0413. The Bertz CT molecular complexity index is 515. The molecule has 6 heteroatoms. The topological polar surface area (TPSA) is 63.7 Å². The van der Waals surface area contributed by atoms with Crippen LogP contribution in [0.4, 0.5) is 0 Å². The Balaban J connectivity index is 2.39. The summed E-state index contributed by atoms with van der Waals surface area (Å²) in [7, 11) is -2.18. The summed E-state index contributed by atoms with van der Waals surface area (Å²) in [5.74, 6) is 0.223. The first-order valence-electron chi connectivity index (χ1n) is 4.70. The molecule has 1 aliphatic rings. The van der Waals surface area contributed by atoms with Crippen LogP contribution in [0, 0.1) is 0 Å². The summed E-state index contributed by atoms with van der Waals surface area (Å²) < 4.78 is 30.2. The number of carbonyl (C=O) groups is 1. The number of nitrogens with zero attached hydrogens (tertiary/aromatic N) is 1. The molecule has 5 nitrogen and oxygen atoms in total. The van der Waals surface area contributed by atoms with E-state index >= 15 is 0 Å². The third-order valence-corrected chi connectivity index (χ3v) is 4.22. The molecule has 0 saturated carbocycles. The fourth-order valence-corrected chi connectivity index (χ4v) is 3.05. The summed E-state index contributed by atoms with van der Waals surface area (Å²) in [5.41, 5.74) is 0. The van der Waals surface area contributed by atoms with Gasteiger partial charge < -0.3 is 4.74 Å². The highest BCUT2D eigenvalue weighted by atomic mass is 32.2. The molecule has 0 spiro atoms. The Morgan fingerprint density at radius 2 is 1.88 bits per heavy atom. The van der Waals surface area contributed by atoms with Gasteiger partial charge in [0.15, 0.2) is 5.78 Å². The van der Waals surface area contributed by atoms with Gasteiger partial charge in [-0.1, -0.05) is 12.1 Å². The molecule has 2 rings (SSSR count). The Labute approximate surface area is 93.7 Å². The molecular weight excluding hydrogens is 230 g/mol. The molecule has 86 valence electrons. The van der Waals surface area contributed by atoms with Crippen LogP contribution in [0.1, 0.15) is 0 Å². The number of carbonyl (C=O) groups excluding carboxylic acids is 1. The van der Waals surface area contributed by atoms with Gasteiger partial charge >= 0.3 is 0 Å². The van der Waals surface area contributed by atoms with E-state index in [1.807, 2.05) is 0 Å². The molecule has 0 N–H and O–H groups in total. The van der Waals surface area contributed by atoms with Gasteiger partial charge in [-0.15, -0.1) is 0 Å². The second-order valence-electron chi connectivity index (χ2n) is 3.46. The first-order valence-corrected chi connectivity index (χ1v) is 6.14. The van der Waals surface area contributed by atoms with E-state index in [-0.39, 0.29) is 23.8 Å². The monoisotopic (exact) mass is 241 g/mol. The molecule has 1 aliphatic heterocycles. The Hall–Kier alpha value is -1.40. The number of benzene rings is 1. The second kappa shape index (κ2) is 3.88. The molecule has 0 bridgehead atoms. The van der Waals surface area contributed by atoms with E-state index < -0.39 is 10.0 Å². The van der Waals surface area contributed by atoms with Crippen molar-refractivity contribution < 1.29 is 17.9 Å². The van der Waals surface area contributed by atoms with Gasteiger partial charge in [-0.05, 0) is 12.1 Å². The van der Waals surface area contributed by atoms with Crippen LogP contribution < -0.4 is 4.74 Å². The van der Waals surface area contributed by atoms with E-state index in [1.165, 1.54) is 13.2 Å². The van der Waals surface area contributed by atoms with Crippen molar-refractivity contribution >= 4 is 15.8 Å². The molecule has 1 fully saturated rings. The first-order chi connectivity index (χ1) is 7.55. The van der Waals surface area contributed by atoms with Crippen LogP contribution in [0.2, 0.25) is 0 Å². The largest absolute Gasteiger partial charge is 0.495 e. The van der Waals surface area contributed by atoms with Crippen molar-refractivity contribution in [2.45, 2.75) is 4.90 Å².